The lowest BCUT2D eigenvalue weighted by atomic mass is 10.1. The summed E-state index contributed by atoms with van der Waals surface area (Å²) in [5.74, 6) is -0.826. The number of carbonyl (C=O) groups excluding carboxylic acids is 1. The predicted octanol–water partition coefficient (Wildman–Crippen LogP) is 3.65. The third kappa shape index (κ3) is 5.09. The summed E-state index contributed by atoms with van der Waals surface area (Å²) in [5.41, 5.74) is 6.50. The van der Waals surface area contributed by atoms with Crippen LogP contribution in [0.25, 0.3) is 11.4 Å². The highest BCUT2D eigenvalue weighted by molar-refractivity contribution is 5.99. The van der Waals surface area contributed by atoms with Gasteiger partial charge in [-0.15, -0.1) is 13.2 Å². The number of nitrogens with one attached hydrogen (secondary N) is 1. The Morgan fingerprint density at radius 1 is 1.18 bits per heavy atom. The number of aromatic amines is 1. The lowest BCUT2D eigenvalue weighted by Crippen LogP contribution is -2.18. The second-order valence-corrected chi connectivity index (χ2v) is 5.89. The number of primary amides is 1. The minimum absolute atomic E-state index is 0.151. The summed E-state index contributed by atoms with van der Waals surface area (Å²) in [6, 6.07) is 13.1. The van der Waals surface area contributed by atoms with Crippen LogP contribution in [0.5, 0.6) is 5.75 Å². The maximum Gasteiger partial charge on any atom is 0.573 e. The number of carbonyl (C=O) groups is 1. The fourth-order valence-electron chi connectivity index (χ4n) is 2.63. The van der Waals surface area contributed by atoms with Crippen molar-refractivity contribution in [2.24, 2.45) is 5.73 Å². The molecule has 1 radical (unpaired) electrons. The van der Waals surface area contributed by atoms with Gasteiger partial charge >= 0.3 is 6.36 Å². The van der Waals surface area contributed by atoms with Crippen molar-refractivity contribution >= 4 is 5.91 Å². The number of alkyl halides is 3. The van der Waals surface area contributed by atoms with Gasteiger partial charge in [-0.3, -0.25) is 9.89 Å². The van der Waals surface area contributed by atoms with Crippen LogP contribution in [-0.2, 0) is 6.42 Å². The fraction of sp³-hybridized carbons (Fsp3) is 0.158. The van der Waals surface area contributed by atoms with E-state index in [4.69, 9.17) is 5.73 Å². The first-order chi connectivity index (χ1) is 13.3. The topological polar surface area (TPSA) is 93.9 Å². The zero-order chi connectivity index (χ0) is 20.1. The Morgan fingerprint density at radius 3 is 2.61 bits per heavy atom. The Morgan fingerprint density at radius 2 is 1.93 bits per heavy atom. The molecule has 6 nitrogen and oxygen atoms in total. The molecule has 0 aliphatic heterocycles. The zero-order valence-corrected chi connectivity index (χ0v) is 14.5. The fourth-order valence-corrected chi connectivity index (χ4v) is 2.63. The molecule has 1 aromatic heterocycles. The summed E-state index contributed by atoms with van der Waals surface area (Å²) in [6.45, 7) is 0. The Kier molecular flexibility index (Phi) is 5.62. The van der Waals surface area contributed by atoms with Gasteiger partial charge in [0, 0.05) is 12.0 Å². The first kappa shape index (κ1) is 19.4. The second-order valence-electron chi connectivity index (χ2n) is 5.89. The number of aromatic nitrogens is 3. The van der Waals surface area contributed by atoms with E-state index in [0.717, 1.165) is 18.6 Å². The quantitative estimate of drug-likeness (QED) is 0.645. The standard InChI is InChI=1S/C19H16F3N4O2/c20-19(21,22)28-13-9-10-14(15(11-13)17(23)27)18-24-16(25-26-18)8-4-7-12-5-2-1-3-6-12/h1-3,5-6,8-11H,4,7H2,(H2,23,27)(H,24,25,26). The number of amides is 1. The van der Waals surface area contributed by atoms with Gasteiger partial charge in [0.1, 0.15) is 11.6 Å². The summed E-state index contributed by atoms with van der Waals surface area (Å²) < 4.78 is 40.9. The average Bonchev–Trinajstić information content (AvgIpc) is 3.10. The van der Waals surface area contributed by atoms with Crippen molar-refractivity contribution in [3.8, 4) is 17.1 Å². The number of rotatable bonds is 7. The molecule has 9 heteroatoms. The van der Waals surface area contributed by atoms with Crippen LogP contribution in [-0.4, -0.2) is 27.5 Å². The number of nitrogens with zero attached hydrogens (tertiary/aromatic N) is 2. The van der Waals surface area contributed by atoms with Gasteiger partial charge in [0.2, 0.25) is 5.91 Å². The minimum Gasteiger partial charge on any atom is -0.406 e. The predicted molar refractivity (Wildman–Crippen MR) is 95.2 cm³/mol. The van der Waals surface area contributed by atoms with Gasteiger partial charge in [-0.05, 0) is 36.6 Å². The van der Waals surface area contributed by atoms with Gasteiger partial charge in [0.05, 0.1) is 5.56 Å². The summed E-state index contributed by atoms with van der Waals surface area (Å²) in [4.78, 5) is 15.9. The highest BCUT2D eigenvalue weighted by Gasteiger charge is 2.31. The number of benzene rings is 2. The van der Waals surface area contributed by atoms with Crippen LogP contribution in [0, 0.1) is 6.42 Å². The minimum atomic E-state index is -4.87. The second kappa shape index (κ2) is 8.12. The molecule has 0 fully saturated rings. The third-order valence-corrected chi connectivity index (χ3v) is 3.85. The number of nitrogens with two attached hydrogens (primary N) is 1. The molecular formula is C19H16F3N4O2. The Hall–Kier alpha value is -3.36. The van der Waals surface area contributed by atoms with E-state index in [1.165, 1.54) is 11.6 Å². The number of hydrogen-bond acceptors (Lipinski definition) is 4. The lowest BCUT2D eigenvalue weighted by Gasteiger charge is -2.11. The molecule has 1 amide bonds. The van der Waals surface area contributed by atoms with Crippen LogP contribution >= 0.6 is 0 Å². The molecule has 0 saturated heterocycles. The van der Waals surface area contributed by atoms with Gasteiger partial charge < -0.3 is 10.5 Å². The van der Waals surface area contributed by atoms with Crippen molar-refractivity contribution in [2.45, 2.75) is 19.2 Å². The monoisotopic (exact) mass is 389 g/mol. The number of H-pyrrole nitrogens is 1. The molecule has 28 heavy (non-hydrogen) atoms. The molecule has 145 valence electrons. The number of hydrogen-bond donors (Lipinski definition) is 2. The number of halogens is 3. The van der Waals surface area contributed by atoms with E-state index in [1.54, 1.807) is 0 Å². The van der Waals surface area contributed by atoms with Crippen LogP contribution < -0.4 is 10.5 Å². The first-order valence-corrected chi connectivity index (χ1v) is 8.31. The molecular weight excluding hydrogens is 373 g/mol. The van der Waals surface area contributed by atoms with Crippen LogP contribution in [0.2, 0.25) is 0 Å². The van der Waals surface area contributed by atoms with Gasteiger partial charge in [-0.2, -0.15) is 5.10 Å². The molecule has 0 bridgehead atoms. The first-order valence-electron chi connectivity index (χ1n) is 8.31. The lowest BCUT2D eigenvalue weighted by molar-refractivity contribution is -0.274. The largest absolute Gasteiger partial charge is 0.573 e. The van der Waals surface area contributed by atoms with E-state index < -0.39 is 18.0 Å². The van der Waals surface area contributed by atoms with Crippen LogP contribution in [0.1, 0.15) is 28.2 Å². The smallest absolute Gasteiger partial charge is 0.406 e. The van der Waals surface area contributed by atoms with E-state index in [2.05, 4.69) is 19.9 Å². The van der Waals surface area contributed by atoms with E-state index >= 15 is 0 Å². The number of aryl methyl sites for hydroxylation is 1. The maximum atomic E-state index is 12.4. The van der Waals surface area contributed by atoms with E-state index in [9.17, 15) is 18.0 Å². The molecule has 0 saturated carbocycles. The molecule has 2 aromatic carbocycles. The highest BCUT2D eigenvalue weighted by atomic mass is 19.4. The molecule has 0 atom stereocenters. The molecule has 0 spiro atoms. The van der Waals surface area contributed by atoms with Gasteiger partial charge in [-0.1, -0.05) is 30.3 Å². The summed E-state index contributed by atoms with van der Waals surface area (Å²) >= 11 is 0. The molecule has 3 N–H and O–H groups in total. The van der Waals surface area contributed by atoms with Gasteiger partial charge in [0.15, 0.2) is 5.82 Å². The molecule has 0 unspecified atom stereocenters. The summed E-state index contributed by atoms with van der Waals surface area (Å²) in [7, 11) is 0. The van der Waals surface area contributed by atoms with Crippen molar-refractivity contribution in [3.63, 3.8) is 0 Å². The highest BCUT2D eigenvalue weighted by Crippen LogP contribution is 2.28. The van der Waals surface area contributed by atoms with Crippen molar-refractivity contribution in [1.82, 2.24) is 15.2 Å². The van der Waals surface area contributed by atoms with Gasteiger partial charge in [0.25, 0.3) is 0 Å². The van der Waals surface area contributed by atoms with Crippen LogP contribution in [0.4, 0.5) is 13.2 Å². The Bertz CT molecular complexity index is 955. The average molecular weight is 389 g/mol. The van der Waals surface area contributed by atoms with E-state index in [1.807, 2.05) is 36.8 Å². The maximum absolute atomic E-state index is 12.4. The van der Waals surface area contributed by atoms with Crippen molar-refractivity contribution < 1.29 is 22.7 Å². The number of ether oxygens (including phenoxy) is 1. The summed E-state index contributed by atoms with van der Waals surface area (Å²) in [5, 5.41) is 6.75. The third-order valence-electron chi connectivity index (χ3n) is 3.85. The van der Waals surface area contributed by atoms with Crippen molar-refractivity contribution in [2.75, 3.05) is 0 Å². The molecule has 0 aliphatic carbocycles. The molecule has 0 aliphatic rings. The van der Waals surface area contributed by atoms with E-state index in [-0.39, 0.29) is 17.0 Å². The zero-order valence-electron chi connectivity index (χ0n) is 14.5. The van der Waals surface area contributed by atoms with E-state index in [0.29, 0.717) is 12.2 Å². The Balaban J connectivity index is 1.73. The van der Waals surface area contributed by atoms with Crippen LogP contribution in [0.3, 0.4) is 0 Å². The molecule has 3 aromatic rings. The van der Waals surface area contributed by atoms with Gasteiger partial charge in [-0.25, -0.2) is 4.98 Å². The van der Waals surface area contributed by atoms with Crippen LogP contribution in [0.15, 0.2) is 48.5 Å². The summed E-state index contributed by atoms with van der Waals surface area (Å²) in [6.07, 6.45) is -1.51. The van der Waals surface area contributed by atoms with Crippen molar-refractivity contribution in [1.29, 1.82) is 0 Å². The Labute approximate surface area is 158 Å². The van der Waals surface area contributed by atoms with Crippen molar-refractivity contribution in [3.05, 3.63) is 71.9 Å². The molecule has 1 heterocycles. The SMILES string of the molecule is NC(=O)c1cc(OC(F)(F)F)ccc1-c1n[nH]c([CH]CCc2ccccc2)n1. The normalized spacial score (nSPS) is 11.4. The molecule has 3 rings (SSSR count).